The third-order valence-electron chi connectivity index (χ3n) is 15.7. The van der Waals surface area contributed by atoms with Gasteiger partial charge in [0.25, 0.3) is 0 Å². The molecule has 452 valence electrons. The van der Waals surface area contributed by atoms with E-state index in [2.05, 4.69) is 230 Å². The van der Waals surface area contributed by atoms with Gasteiger partial charge in [0.2, 0.25) is 12.7 Å². The summed E-state index contributed by atoms with van der Waals surface area (Å²) in [7, 11) is 0. The van der Waals surface area contributed by atoms with E-state index in [1.165, 1.54) is 65.6 Å². The number of amides is 1. The number of carbonyl (C=O) groups is 1. The van der Waals surface area contributed by atoms with E-state index in [9.17, 15) is 4.79 Å². The number of carbonyl (C=O) groups excluding carboxylic acids is 1. The summed E-state index contributed by atoms with van der Waals surface area (Å²) in [6.07, 6.45) is 6.74. The number of ether oxygens (including phenoxy) is 2. The minimum absolute atomic E-state index is 0.219. The van der Waals surface area contributed by atoms with Crippen molar-refractivity contribution < 1.29 is 14.3 Å². The summed E-state index contributed by atoms with van der Waals surface area (Å²) in [4.78, 5) is 30.9. The number of aromatic nitrogens is 4. The summed E-state index contributed by atoms with van der Waals surface area (Å²) in [5, 5.41) is 8.58. The molecule has 7 aromatic carbocycles. The molecule has 0 N–H and O–H groups in total. The molecule has 0 saturated heterocycles. The summed E-state index contributed by atoms with van der Waals surface area (Å²) in [5.41, 5.74) is 12.7. The van der Waals surface area contributed by atoms with E-state index < -0.39 is 0 Å². The van der Waals surface area contributed by atoms with E-state index in [-0.39, 0.29) is 11.9 Å². The zero-order valence-electron chi connectivity index (χ0n) is 53.6. The van der Waals surface area contributed by atoms with Crippen LogP contribution in [-0.4, -0.2) is 38.7 Å². The Kier molecular flexibility index (Phi) is 23.4. The number of aryl methyl sites for hydroxylation is 1. The van der Waals surface area contributed by atoms with Crippen LogP contribution in [0.25, 0.3) is 42.0 Å². The molecule has 0 spiro atoms. The Hall–Kier alpha value is -7.79. The fraction of sp³-hybridized carbons (Fsp3) is 0.338. The molecule has 14 rings (SSSR count). The first kappa shape index (κ1) is 65.2. The van der Waals surface area contributed by atoms with Gasteiger partial charge in [0.05, 0.1) is 43.2 Å². The zero-order chi connectivity index (χ0) is 62.1. The van der Waals surface area contributed by atoms with Crippen LogP contribution in [0.5, 0.6) is 11.5 Å². The third kappa shape index (κ3) is 17.1. The molecule has 0 fully saturated rings. The largest absolute Gasteiger partial charge is 0.454 e. The van der Waals surface area contributed by atoms with Crippen molar-refractivity contribution in [2.75, 3.05) is 11.7 Å². The van der Waals surface area contributed by atoms with Crippen molar-refractivity contribution >= 4 is 76.2 Å². The quantitative estimate of drug-likeness (QED) is 0.157. The summed E-state index contributed by atoms with van der Waals surface area (Å²) >= 11 is 3.51. The van der Waals surface area contributed by atoms with Crippen LogP contribution in [0.15, 0.2) is 188 Å². The number of nitrogens with zero attached hydrogens (tertiary/aromatic N) is 5. The van der Waals surface area contributed by atoms with Gasteiger partial charge in [0.1, 0.15) is 6.33 Å². The molecular weight excluding hydrogens is 1110 g/mol. The van der Waals surface area contributed by atoms with Crippen LogP contribution in [-0.2, 0) is 17.6 Å². The number of fused-ring (bicyclic) bond motifs is 7. The number of pyridine rings is 1. The molecule has 3 aliphatic rings. The predicted octanol–water partition coefficient (Wildman–Crippen LogP) is 21.5. The first-order valence-corrected chi connectivity index (χ1v) is 32.8. The van der Waals surface area contributed by atoms with Crippen LogP contribution in [0.2, 0.25) is 0 Å². The van der Waals surface area contributed by atoms with Gasteiger partial charge >= 0.3 is 0 Å². The molecule has 1 atom stereocenters. The molecule has 6 heterocycles. The van der Waals surface area contributed by atoms with Crippen LogP contribution >= 0.6 is 22.7 Å². The highest BCUT2D eigenvalue weighted by molar-refractivity contribution is 7.18. The fourth-order valence-corrected chi connectivity index (χ4v) is 13.1. The molecule has 87 heavy (non-hydrogen) atoms. The zero-order valence-corrected chi connectivity index (χ0v) is 55.3. The van der Waals surface area contributed by atoms with E-state index in [1.54, 1.807) is 40.1 Å². The van der Waals surface area contributed by atoms with E-state index in [0.29, 0.717) is 42.8 Å². The maximum atomic E-state index is 11.6. The number of rotatable bonds is 7. The van der Waals surface area contributed by atoms with Gasteiger partial charge in [0, 0.05) is 29.2 Å². The Labute approximate surface area is 526 Å². The Morgan fingerprint density at radius 1 is 0.540 bits per heavy atom. The van der Waals surface area contributed by atoms with E-state index in [0.717, 1.165) is 51.3 Å². The van der Waals surface area contributed by atoms with Gasteiger partial charge < -0.3 is 14.4 Å². The Morgan fingerprint density at radius 3 is 1.87 bits per heavy atom. The number of thiophene rings is 1. The summed E-state index contributed by atoms with van der Waals surface area (Å²) in [6, 6.07) is 59.1. The molecule has 2 aliphatic heterocycles. The lowest BCUT2D eigenvalue weighted by atomic mass is 9.90. The second-order valence-corrected chi connectivity index (χ2v) is 26.5. The van der Waals surface area contributed by atoms with E-state index in [4.69, 9.17) is 9.47 Å². The van der Waals surface area contributed by atoms with E-state index >= 15 is 0 Å². The number of benzene rings is 7. The van der Waals surface area contributed by atoms with Crippen LogP contribution in [0, 0.1) is 5.92 Å². The van der Waals surface area contributed by atoms with Crippen LogP contribution < -0.4 is 14.4 Å². The van der Waals surface area contributed by atoms with Crippen LogP contribution in [0.1, 0.15) is 183 Å². The van der Waals surface area contributed by atoms with Gasteiger partial charge in [-0.25, -0.2) is 15.0 Å². The number of hydrogen-bond acceptors (Lipinski definition) is 9. The SMILES string of the molecule is CC(C)C1CCc2ccccc21.CC(C)N1C(=O)Cc2ccccc21.CC(C)c1ccc2c(c1)OCO2.CC(C)c1cccc2ccccc12.CC(C)c1nc2ccccc2s1.CC(C)c1nccc2ccccc12.CC(C)c1ncnc2ccsc12. The van der Waals surface area contributed by atoms with Crippen molar-refractivity contribution in [3.05, 3.63) is 232 Å². The topological polar surface area (TPSA) is 90.3 Å². The minimum Gasteiger partial charge on any atom is -0.454 e. The number of para-hydroxylation sites is 2. The highest BCUT2D eigenvalue weighted by Gasteiger charge is 2.28. The molecule has 1 amide bonds. The Morgan fingerprint density at radius 2 is 1.18 bits per heavy atom. The summed E-state index contributed by atoms with van der Waals surface area (Å²) in [6.45, 7) is 30.9. The molecule has 10 heteroatoms. The molecule has 0 saturated carbocycles. The molecule has 4 aromatic heterocycles. The average Bonchev–Trinajstić information content (AvgIpc) is 3.32. The average molecular weight is 1200 g/mol. The van der Waals surface area contributed by atoms with Crippen molar-refractivity contribution in [1.29, 1.82) is 0 Å². The first-order valence-electron chi connectivity index (χ1n) is 31.1. The number of thiazole rings is 1. The number of hydrogen-bond donors (Lipinski definition) is 0. The second-order valence-electron chi connectivity index (χ2n) is 24.5. The van der Waals surface area contributed by atoms with Gasteiger partial charge in [-0.05, 0) is 154 Å². The summed E-state index contributed by atoms with van der Waals surface area (Å²) < 4.78 is 13.0. The molecule has 0 radical (unpaired) electrons. The van der Waals surface area contributed by atoms with Crippen molar-refractivity contribution in [2.45, 2.75) is 158 Å². The second kappa shape index (κ2) is 31.2. The number of anilines is 1. The lowest BCUT2D eigenvalue weighted by Gasteiger charge is -2.21. The molecule has 11 aromatic rings. The lowest BCUT2D eigenvalue weighted by molar-refractivity contribution is -0.117. The molecule has 1 unspecified atom stereocenters. The smallest absolute Gasteiger partial charge is 0.231 e. The van der Waals surface area contributed by atoms with Crippen LogP contribution in [0.4, 0.5) is 5.69 Å². The van der Waals surface area contributed by atoms with Crippen LogP contribution in [0.3, 0.4) is 0 Å². The highest BCUT2D eigenvalue weighted by atomic mass is 32.1. The van der Waals surface area contributed by atoms with Gasteiger partial charge in [-0.2, -0.15) is 0 Å². The minimum atomic E-state index is 0.219. The van der Waals surface area contributed by atoms with Crippen molar-refractivity contribution in [3.63, 3.8) is 0 Å². The molecule has 0 bridgehead atoms. The van der Waals surface area contributed by atoms with Gasteiger partial charge in [-0.3, -0.25) is 9.78 Å². The van der Waals surface area contributed by atoms with E-state index in [1.807, 2.05) is 73.5 Å². The monoisotopic (exact) mass is 1200 g/mol. The standard InChI is InChI=1S/C13H14.C12H13N.C12H16.C11H13NO.C10H11NS.C10H12O2.C9H10N2S/c1-10(2)12-9-5-7-11-6-3-4-8-13(11)12;1-9(2)12-11-6-4-3-5-10(11)7-8-13-12;1-9(2)11-8-7-10-5-3-4-6-12(10)11;1-8(2)12-10-6-4-3-5-9(10)7-11(12)13;1-7(2)10-11-8-5-3-4-6-9(8)12-10;1-7(2)8-3-4-9-10(5-8)12-6-11-9;1-6(2)8-9-7(3-4-12-9)10-5-11-8/h3-10H,1-2H3;3-9H,1-2H3;3-6,9,11H,7-8H2,1-2H3;3-6,8H,7H2,1-2H3;3-7H,1-2H3;3-5,7H,6H2,1-2H3;3-6H,1-2H3. The lowest BCUT2D eigenvalue weighted by Crippen LogP contribution is -2.33. The highest BCUT2D eigenvalue weighted by Crippen LogP contribution is 2.38. The maximum Gasteiger partial charge on any atom is 0.231 e. The van der Waals surface area contributed by atoms with Crippen molar-refractivity contribution in [1.82, 2.24) is 19.9 Å². The normalized spacial score (nSPS) is 13.6. The maximum absolute atomic E-state index is 11.6. The fourth-order valence-electron chi connectivity index (χ4n) is 11.1. The van der Waals surface area contributed by atoms with Gasteiger partial charge in [-0.15, -0.1) is 22.7 Å². The van der Waals surface area contributed by atoms with Gasteiger partial charge in [0.15, 0.2) is 11.5 Å². The van der Waals surface area contributed by atoms with Gasteiger partial charge in [-0.1, -0.05) is 210 Å². The molecule has 1 aliphatic carbocycles. The summed E-state index contributed by atoms with van der Waals surface area (Å²) in [5.74, 6) is 6.24. The predicted molar refractivity (Wildman–Crippen MR) is 371 cm³/mol. The Balaban J connectivity index is 0.000000132. The van der Waals surface area contributed by atoms with Crippen molar-refractivity contribution in [2.24, 2.45) is 5.92 Å². The Bertz CT molecular complexity index is 3840. The molecule has 8 nitrogen and oxygen atoms in total. The van der Waals surface area contributed by atoms with Crippen molar-refractivity contribution in [3.8, 4) is 11.5 Å². The molecular formula is C77H89N5O3S2. The third-order valence-corrected chi connectivity index (χ3v) is 18.0. The first-order chi connectivity index (χ1) is 41.9.